The second-order valence-electron chi connectivity index (χ2n) is 7.02. The molecule has 0 radical (unpaired) electrons. The first-order valence-electron chi connectivity index (χ1n) is 9.39. The molecule has 2 aromatic carbocycles. The molecule has 1 fully saturated rings. The van der Waals surface area contributed by atoms with Crippen LogP contribution in [0.2, 0.25) is 0 Å². The highest BCUT2D eigenvalue weighted by Crippen LogP contribution is 2.24. The van der Waals surface area contributed by atoms with Gasteiger partial charge in [-0.15, -0.1) is 0 Å². The Morgan fingerprint density at radius 2 is 1.74 bits per heavy atom. The normalized spacial score (nSPS) is 16.0. The molecule has 1 atom stereocenters. The lowest BCUT2D eigenvalue weighted by Crippen LogP contribution is -2.43. The lowest BCUT2D eigenvalue weighted by atomic mass is 10.0. The molecule has 0 bridgehead atoms. The molecule has 0 saturated carbocycles. The Balaban J connectivity index is 1.75. The van der Waals surface area contributed by atoms with E-state index in [0.717, 1.165) is 43.2 Å². The number of benzene rings is 2. The molecule has 3 rings (SSSR count). The van der Waals surface area contributed by atoms with Crippen molar-refractivity contribution in [2.45, 2.75) is 19.9 Å². The minimum absolute atomic E-state index is 0.0337. The SMILES string of the molecule is COc1ccc(C(CNC(=O)c2cc(C)cc(C)c2)N2CCOCC2)cc1. The third-order valence-electron chi connectivity index (χ3n) is 4.93. The summed E-state index contributed by atoms with van der Waals surface area (Å²) >= 11 is 0. The minimum atomic E-state index is -0.0337. The standard InChI is InChI=1S/C22H28N2O3/c1-16-12-17(2)14-19(13-16)22(25)23-15-21(24-8-10-27-11-9-24)18-4-6-20(26-3)7-5-18/h4-7,12-14,21H,8-11,15H2,1-3H3,(H,23,25). The summed E-state index contributed by atoms with van der Waals surface area (Å²) in [6.07, 6.45) is 0. The van der Waals surface area contributed by atoms with E-state index in [0.29, 0.717) is 12.1 Å². The number of nitrogens with one attached hydrogen (secondary N) is 1. The van der Waals surface area contributed by atoms with Gasteiger partial charge in [0.05, 0.1) is 26.4 Å². The first kappa shape index (κ1) is 19.4. The number of carbonyl (C=O) groups is 1. The Kier molecular flexibility index (Phi) is 6.48. The Hall–Kier alpha value is -2.37. The van der Waals surface area contributed by atoms with Gasteiger partial charge in [-0.1, -0.05) is 29.3 Å². The summed E-state index contributed by atoms with van der Waals surface area (Å²) < 4.78 is 10.8. The third kappa shape index (κ3) is 5.08. The van der Waals surface area contributed by atoms with E-state index in [9.17, 15) is 4.79 Å². The van der Waals surface area contributed by atoms with Gasteiger partial charge in [-0.25, -0.2) is 0 Å². The Labute approximate surface area is 161 Å². The van der Waals surface area contributed by atoms with Gasteiger partial charge >= 0.3 is 0 Å². The maximum absolute atomic E-state index is 12.7. The van der Waals surface area contributed by atoms with Crippen LogP contribution >= 0.6 is 0 Å². The molecule has 144 valence electrons. The van der Waals surface area contributed by atoms with Crippen LogP contribution in [0, 0.1) is 13.8 Å². The van der Waals surface area contributed by atoms with Crippen LogP contribution in [0.3, 0.4) is 0 Å². The number of aryl methyl sites for hydroxylation is 2. The van der Waals surface area contributed by atoms with Crippen molar-refractivity contribution >= 4 is 5.91 Å². The molecule has 1 aliphatic rings. The predicted molar refractivity (Wildman–Crippen MR) is 106 cm³/mol. The number of carbonyl (C=O) groups excluding carboxylic acids is 1. The lowest BCUT2D eigenvalue weighted by Gasteiger charge is -2.35. The van der Waals surface area contributed by atoms with Gasteiger partial charge in [0.2, 0.25) is 0 Å². The molecular formula is C22H28N2O3. The number of methoxy groups -OCH3 is 1. The summed E-state index contributed by atoms with van der Waals surface area (Å²) in [6, 6.07) is 14.1. The average Bonchev–Trinajstić information content (AvgIpc) is 2.68. The van der Waals surface area contributed by atoms with Crippen molar-refractivity contribution in [2.75, 3.05) is 40.0 Å². The predicted octanol–water partition coefficient (Wildman–Crippen LogP) is 3.12. The van der Waals surface area contributed by atoms with Gasteiger partial charge in [0.15, 0.2) is 0 Å². The minimum Gasteiger partial charge on any atom is -0.497 e. The molecule has 1 unspecified atom stereocenters. The van der Waals surface area contributed by atoms with Crippen LogP contribution in [0.5, 0.6) is 5.75 Å². The molecule has 1 amide bonds. The molecule has 0 spiro atoms. The van der Waals surface area contributed by atoms with Gasteiger partial charge in [0.1, 0.15) is 5.75 Å². The van der Waals surface area contributed by atoms with Crippen LogP contribution < -0.4 is 10.1 Å². The lowest BCUT2D eigenvalue weighted by molar-refractivity contribution is 0.0162. The molecule has 1 N–H and O–H groups in total. The summed E-state index contributed by atoms with van der Waals surface area (Å²) in [5.41, 5.74) is 4.07. The summed E-state index contributed by atoms with van der Waals surface area (Å²) in [4.78, 5) is 15.1. The first-order valence-corrected chi connectivity index (χ1v) is 9.39. The summed E-state index contributed by atoms with van der Waals surface area (Å²) in [5.74, 6) is 0.798. The van der Waals surface area contributed by atoms with Crippen LogP contribution in [0.25, 0.3) is 0 Å². The van der Waals surface area contributed by atoms with Crippen LogP contribution in [-0.2, 0) is 4.74 Å². The molecular weight excluding hydrogens is 340 g/mol. The third-order valence-corrected chi connectivity index (χ3v) is 4.93. The van der Waals surface area contributed by atoms with E-state index in [1.165, 1.54) is 5.56 Å². The monoisotopic (exact) mass is 368 g/mol. The molecule has 0 aromatic heterocycles. The van der Waals surface area contributed by atoms with Gasteiger partial charge in [-0.3, -0.25) is 9.69 Å². The van der Waals surface area contributed by atoms with Crippen LogP contribution in [0.1, 0.15) is 33.1 Å². The number of hydrogen-bond acceptors (Lipinski definition) is 4. The molecule has 2 aromatic rings. The number of amides is 1. The highest BCUT2D eigenvalue weighted by molar-refractivity contribution is 5.94. The number of nitrogens with zero attached hydrogens (tertiary/aromatic N) is 1. The Bertz CT molecular complexity index is 747. The second kappa shape index (κ2) is 9.02. The molecule has 1 heterocycles. The molecule has 1 saturated heterocycles. The van der Waals surface area contributed by atoms with Crippen molar-refractivity contribution in [1.82, 2.24) is 10.2 Å². The Morgan fingerprint density at radius 3 is 2.33 bits per heavy atom. The smallest absolute Gasteiger partial charge is 0.251 e. The summed E-state index contributed by atoms with van der Waals surface area (Å²) in [6.45, 7) is 7.73. The zero-order valence-corrected chi connectivity index (χ0v) is 16.3. The zero-order valence-electron chi connectivity index (χ0n) is 16.3. The van der Waals surface area contributed by atoms with Gasteiger partial charge in [0.25, 0.3) is 5.91 Å². The average molecular weight is 368 g/mol. The zero-order chi connectivity index (χ0) is 19.2. The van der Waals surface area contributed by atoms with Gasteiger partial charge in [0, 0.05) is 25.2 Å². The van der Waals surface area contributed by atoms with E-state index in [2.05, 4.69) is 28.4 Å². The van der Waals surface area contributed by atoms with Gasteiger partial charge in [-0.2, -0.15) is 0 Å². The maximum Gasteiger partial charge on any atom is 0.251 e. The number of rotatable bonds is 6. The Morgan fingerprint density at radius 1 is 1.11 bits per heavy atom. The molecule has 5 nitrogen and oxygen atoms in total. The van der Waals surface area contributed by atoms with Crippen molar-refractivity contribution in [3.8, 4) is 5.75 Å². The van der Waals surface area contributed by atoms with E-state index in [4.69, 9.17) is 9.47 Å². The van der Waals surface area contributed by atoms with Crippen molar-refractivity contribution in [3.05, 3.63) is 64.7 Å². The van der Waals surface area contributed by atoms with E-state index in [-0.39, 0.29) is 11.9 Å². The molecule has 1 aliphatic heterocycles. The number of hydrogen-bond donors (Lipinski definition) is 1. The fourth-order valence-corrected chi connectivity index (χ4v) is 3.57. The van der Waals surface area contributed by atoms with Gasteiger partial charge < -0.3 is 14.8 Å². The highest BCUT2D eigenvalue weighted by Gasteiger charge is 2.23. The number of morpholine rings is 1. The van der Waals surface area contributed by atoms with E-state index in [1.807, 2.05) is 38.1 Å². The van der Waals surface area contributed by atoms with Crippen LogP contribution in [0.4, 0.5) is 0 Å². The summed E-state index contributed by atoms with van der Waals surface area (Å²) in [7, 11) is 1.67. The first-order chi connectivity index (χ1) is 13.1. The van der Waals surface area contributed by atoms with Crippen molar-refractivity contribution in [2.24, 2.45) is 0 Å². The number of ether oxygens (including phenoxy) is 2. The van der Waals surface area contributed by atoms with Gasteiger partial charge in [-0.05, 0) is 43.7 Å². The van der Waals surface area contributed by atoms with Crippen LogP contribution in [0.15, 0.2) is 42.5 Å². The quantitative estimate of drug-likeness (QED) is 0.851. The topological polar surface area (TPSA) is 50.8 Å². The second-order valence-corrected chi connectivity index (χ2v) is 7.02. The van der Waals surface area contributed by atoms with Crippen molar-refractivity contribution in [3.63, 3.8) is 0 Å². The van der Waals surface area contributed by atoms with Crippen molar-refractivity contribution in [1.29, 1.82) is 0 Å². The fourth-order valence-electron chi connectivity index (χ4n) is 3.57. The van der Waals surface area contributed by atoms with E-state index in [1.54, 1.807) is 7.11 Å². The molecule has 5 heteroatoms. The van der Waals surface area contributed by atoms with Crippen LogP contribution in [-0.4, -0.2) is 50.8 Å². The molecule has 0 aliphatic carbocycles. The largest absolute Gasteiger partial charge is 0.497 e. The van der Waals surface area contributed by atoms with E-state index >= 15 is 0 Å². The highest BCUT2D eigenvalue weighted by atomic mass is 16.5. The van der Waals surface area contributed by atoms with E-state index < -0.39 is 0 Å². The fraction of sp³-hybridized carbons (Fsp3) is 0.409. The summed E-state index contributed by atoms with van der Waals surface area (Å²) in [5, 5.41) is 3.13. The maximum atomic E-state index is 12.7. The molecule has 27 heavy (non-hydrogen) atoms. The van der Waals surface area contributed by atoms with Crippen molar-refractivity contribution < 1.29 is 14.3 Å².